The van der Waals surface area contributed by atoms with E-state index in [1.807, 2.05) is 18.4 Å². The van der Waals surface area contributed by atoms with Gasteiger partial charge in [0.25, 0.3) is 0 Å². The molecule has 1 amide bonds. The van der Waals surface area contributed by atoms with Crippen LogP contribution < -0.4 is 5.32 Å². The van der Waals surface area contributed by atoms with E-state index in [-0.39, 0.29) is 0 Å². The Morgan fingerprint density at radius 3 is 2.80 bits per heavy atom. The molecular formula is C10H13NO3S. The first-order valence-corrected chi connectivity index (χ1v) is 5.49. The van der Waals surface area contributed by atoms with Crippen molar-refractivity contribution in [2.24, 2.45) is 0 Å². The van der Waals surface area contributed by atoms with Crippen LogP contribution in [0.3, 0.4) is 0 Å². The van der Waals surface area contributed by atoms with Crippen molar-refractivity contribution >= 4 is 23.2 Å². The van der Waals surface area contributed by atoms with Crippen molar-refractivity contribution in [3.8, 4) is 0 Å². The number of hydrogen-bond donors (Lipinski definition) is 2. The van der Waals surface area contributed by atoms with Crippen molar-refractivity contribution in [1.29, 1.82) is 0 Å². The van der Waals surface area contributed by atoms with Crippen LogP contribution in [0, 0.1) is 6.92 Å². The summed E-state index contributed by atoms with van der Waals surface area (Å²) < 4.78 is 0. The molecule has 0 bridgehead atoms. The number of nitrogens with one attached hydrogen (secondary N) is 1. The summed E-state index contributed by atoms with van der Waals surface area (Å²) in [5.41, 5.74) is 1.22. The SMILES string of the molecule is Cc1ccsc1CCNC(=O)CC(=O)O. The first-order chi connectivity index (χ1) is 7.09. The van der Waals surface area contributed by atoms with Crippen LogP contribution in [-0.4, -0.2) is 23.5 Å². The number of rotatable bonds is 5. The second-order valence-electron chi connectivity index (χ2n) is 3.20. The third-order valence-electron chi connectivity index (χ3n) is 1.95. The summed E-state index contributed by atoms with van der Waals surface area (Å²) in [5, 5.41) is 12.9. The van der Waals surface area contributed by atoms with Gasteiger partial charge in [-0.2, -0.15) is 0 Å². The monoisotopic (exact) mass is 227 g/mol. The molecule has 4 nitrogen and oxygen atoms in total. The third-order valence-corrected chi connectivity index (χ3v) is 3.04. The predicted molar refractivity (Wildman–Crippen MR) is 58.0 cm³/mol. The van der Waals surface area contributed by atoms with Crippen LogP contribution in [0.4, 0.5) is 0 Å². The number of carboxylic acids is 1. The van der Waals surface area contributed by atoms with Crippen molar-refractivity contribution in [1.82, 2.24) is 5.32 Å². The molecule has 0 aromatic carbocycles. The Bertz CT molecular complexity index is 359. The molecule has 0 saturated heterocycles. The van der Waals surface area contributed by atoms with Crippen molar-refractivity contribution in [2.45, 2.75) is 19.8 Å². The molecule has 0 fully saturated rings. The van der Waals surface area contributed by atoms with Crippen LogP contribution in [0.5, 0.6) is 0 Å². The van der Waals surface area contributed by atoms with Crippen LogP contribution in [0.25, 0.3) is 0 Å². The highest BCUT2D eigenvalue weighted by molar-refractivity contribution is 7.10. The Balaban J connectivity index is 2.25. The number of carbonyl (C=O) groups is 2. The summed E-state index contributed by atoms with van der Waals surface area (Å²) in [4.78, 5) is 22.4. The van der Waals surface area contributed by atoms with Gasteiger partial charge in [-0.05, 0) is 30.4 Å². The third kappa shape index (κ3) is 4.12. The fraction of sp³-hybridized carbons (Fsp3) is 0.400. The molecule has 15 heavy (non-hydrogen) atoms. The highest BCUT2D eigenvalue weighted by Gasteiger charge is 2.06. The second-order valence-corrected chi connectivity index (χ2v) is 4.20. The quantitative estimate of drug-likeness (QED) is 0.742. The molecule has 1 heterocycles. The van der Waals surface area contributed by atoms with Crippen LogP contribution in [0.1, 0.15) is 16.9 Å². The van der Waals surface area contributed by atoms with E-state index >= 15 is 0 Å². The number of aliphatic carboxylic acids is 1. The molecule has 82 valence electrons. The maximum atomic E-state index is 11.0. The first kappa shape index (κ1) is 11.7. The van der Waals surface area contributed by atoms with Gasteiger partial charge in [-0.25, -0.2) is 0 Å². The summed E-state index contributed by atoms with van der Waals surface area (Å²) in [6, 6.07) is 2.03. The number of carboxylic acid groups (broad SMARTS) is 1. The minimum absolute atomic E-state index is 0.434. The zero-order chi connectivity index (χ0) is 11.3. The van der Waals surface area contributed by atoms with Gasteiger partial charge >= 0.3 is 5.97 Å². The molecule has 0 atom stereocenters. The topological polar surface area (TPSA) is 66.4 Å². The Morgan fingerprint density at radius 1 is 1.53 bits per heavy atom. The van der Waals surface area contributed by atoms with Crippen molar-refractivity contribution < 1.29 is 14.7 Å². The van der Waals surface area contributed by atoms with Gasteiger partial charge in [0, 0.05) is 11.4 Å². The predicted octanol–water partition coefficient (Wildman–Crippen LogP) is 1.19. The van der Waals surface area contributed by atoms with Crippen molar-refractivity contribution in [3.63, 3.8) is 0 Å². The van der Waals surface area contributed by atoms with E-state index in [2.05, 4.69) is 5.32 Å². The van der Waals surface area contributed by atoms with E-state index in [1.54, 1.807) is 11.3 Å². The number of aryl methyl sites for hydroxylation is 1. The van der Waals surface area contributed by atoms with E-state index in [0.717, 1.165) is 6.42 Å². The molecule has 5 heteroatoms. The number of hydrogen-bond acceptors (Lipinski definition) is 3. The van der Waals surface area contributed by atoms with Crippen molar-refractivity contribution in [2.75, 3.05) is 6.54 Å². The van der Waals surface area contributed by atoms with Crippen LogP contribution in [0.2, 0.25) is 0 Å². The fourth-order valence-electron chi connectivity index (χ4n) is 1.18. The van der Waals surface area contributed by atoms with Gasteiger partial charge in [0.15, 0.2) is 0 Å². The zero-order valence-corrected chi connectivity index (χ0v) is 9.26. The smallest absolute Gasteiger partial charge is 0.312 e. The molecule has 1 aromatic rings. The average molecular weight is 227 g/mol. The summed E-state index contributed by atoms with van der Waals surface area (Å²) in [7, 11) is 0. The van der Waals surface area contributed by atoms with Gasteiger partial charge < -0.3 is 10.4 Å². The van der Waals surface area contributed by atoms with Crippen molar-refractivity contribution in [3.05, 3.63) is 21.9 Å². The molecule has 1 aromatic heterocycles. The van der Waals surface area contributed by atoms with Gasteiger partial charge in [0.1, 0.15) is 6.42 Å². The fourth-order valence-corrected chi connectivity index (χ4v) is 2.09. The standard InChI is InChI=1S/C10H13NO3S/c1-7-3-5-15-8(7)2-4-11-9(12)6-10(13)14/h3,5H,2,4,6H2,1H3,(H,11,12)(H,13,14). The lowest BCUT2D eigenvalue weighted by Crippen LogP contribution is -2.27. The van der Waals surface area contributed by atoms with Crippen LogP contribution in [-0.2, 0) is 16.0 Å². The molecule has 0 aliphatic heterocycles. The van der Waals surface area contributed by atoms with Gasteiger partial charge in [0.05, 0.1) is 0 Å². The van der Waals surface area contributed by atoms with E-state index in [4.69, 9.17) is 5.11 Å². The molecule has 0 aliphatic rings. The molecule has 0 spiro atoms. The average Bonchev–Trinajstić information content (AvgIpc) is 2.50. The van der Waals surface area contributed by atoms with Gasteiger partial charge in [-0.1, -0.05) is 0 Å². The number of thiophene rings is 1. The van der Waals surface area contributed by atoms with Crippen LogP contribution in [0.15, 0.2) is 11.4 Å². The Kier molecular flexibility index (Phi) is 4.30. The summed E-state index contributed by atoms with van der Waals surface area (Å²) in [5.74, 6) is -1.53. The molecule has 0 radical (unpaired) electrons. The number of amides is 1. The molecule has 0 unspecified atom stereocenters. The number of carbonyl (C=O) groups excluding carboxylic acids is 1. The molecule has 0 aliphatic carbocycles. The Hall–Kier alpha value is -1.36. The normalized spacial score (nSPS) is 9.93. The molecular weight excluding hydrogens is 214 g/mol. The second kappa shape index (κ2) is 5.50. The largest absolute Gasteiger partial charge is 0.481 e. The summed E-state index contributed by atoms with van der Waals surface area (Å²) >= 11 is 1.65. The maximum absolute atomic E-state index is 11.0. The Morgan fingerprint density at radius 2 is 2.27 bits per heavy atom. The minimum Gasteiger partial charge on any atom is -0.481 e. The van der Waals surface area contributed by atoms with Crippen LogP contribution >= 0.6 is 11.3 Å². The van der Waals surface area contributed by atoms with E-state index < -0.39 is 18.3 Å². The van der Waals surface area contributed by atoms with E-state index in [0.29, 0.717) is 6.54 Å². The Labute approximate surface area is 91.9 Å². The highest BCUT2D eigenvalue weighted by atomic mass is 32.1. The summed E-state index contributed by atoms with van der Waals surface area (Å²) in [6.45, 7) is 2.51. The summed E-state index contributed by atoms with van der Waals surface area (Å²) in [6.07, 6.45) is 0.304. The first-order valence-electron chi connectivity index (χ1n) is 4.61. The van der Waals surface area contributed by atoms with E-state index in [1.165, 1.54) is 10.4 Å². The van der Waals surface area contributed by atoms with Gasteiger partial charge in [0.2, 0.25) is 5.91 Å². The van der Waals surface area contributed by atoms with Gasteiger partial charge in [-0.15, -0.1) is 11.3 Å². The minimum atomic E-state index is -1.10. The molecule has 0 saturated carbocycles. The maximum Gasteiger partial charge on any atom is 0.312 e. The molecule has 2 N–H and O–H groups in total. The zero-order valence-electron chi connectivity index (χ0n) is 8.45. The lowest BCUT2D eigenvalue weighted by Gasteiger charge is -2.02. The highest BCUT2D eigenvalue weighted by Crippen LogP contribution is 2.15. The lowest BCUT2D eigenvalue weighted by molar-refractivity contribution is -0.140. The van der Waals surface area contributed by atoms with E-state index in [9.17, 15) is 9.59 Å². The molecule has 1 rings (SSSR count). The lowest BCUT2D eigenvalue weighted by atomic mass is 10.2. The van der Waals surface area contributed by atoms with Gasteiger partial charge in [-0.3, -0.25) is 9.59 Å².